The van der Waals surface area contributed by atoms with Crippen LogP contribution in [0, 0.1) is 13.8 Å². The van der Waals surface area contributed by atoms with Crippen LogP contribution in [0.3, 0.4) is 0 Å². The summed E-state index contributed by atoms with van der Waals surface area (Å²) in [5.74, 6) is 0.465. The first-order chi connectivity index (χ1) is 11.6. The molecule has 130 valence electrons. The number of ether oxygens (including phenoxy) is 1. The minimum atomic E-state index is -0.252. The number of fused-ring (bicyclic) bond motifs is 1. The van der Waals surface area contributed by atoms with Crippen LogP contribution in [0.1, 0.15) is 11.3 Å². The van der Waals surface area contributed by atoms with Crippen molar-refractivity contribution in [3.63, 3.8) is 0 Å². The normalized spacial score (nSPS) is 15.8. The average Bonchev–Trinajstić information content (AvgIpc) is 2.86. The minimum absolute atomic E-state index is 0.0471. The lowest BCUT2D eigenvalue weighted by Crippen LogP contribution is -2.42. The number of aromatic nitrogens is 2. The molecule has 1 aliphatic heterocycles. The Morgan fingerprint density at radius 1 is 1.33 bits per heavy atom. The number of morpholine rings is 1. The molecule has 0 aromatic carbocycles. The van der Waals surface area contributed by atoms with Gasteiger partial charge in [0, 0.05) is 31.7 Å². The van der Waals surface area contributed by atoms with Crippen molar-refractivity contribution < 1.29 is 13.9 Å². The van der Waals surface area contributed by atoms with Gasteiger partial charge >= 0.3 is 0 Å². The van der Waals surface area contributed by atoms with E-state index in [9.17, 15) is 9.59 Å². The molecule has 0 aliphatic carbocycles. The van der Waals surface area contributed by atoms with Crippen LogP contribution in [0.5, 0.6) is 0 Å². The summed E-state index contributed by atoms with van der Waals surface area (Å²) in [6, 6.07) is 0. The molecule has 0 radical (unpaired) electrons. The smallest absolute Gasteiger partial charge is 0.265 e. The lowest BCUT2D eigenvalue weighted by atomic mass is 10.2. The predicted octanol–water partition coefficient (Wildman–Crippen LogP) is 0.0547. The summed E-state index contributed by atoms with van der Waals surface area (Å²) >= 11 is 0. The molecule has 0 atom stereocenters. The molecule has 24 heavy (non-hydrogen) atoms. The van der Waals surface area contributed by atoms with E-state index in [-0.39, 0.29) is 18.0 Å². The molecule has 1 amide bonds. The maximum absolute atomic E-state index is 12.5. The SMILES string of the molecule is Cc1oc2ncn(CC(=O)NCCN3CCOCC3)c(=O)c2c1C. The first-order valence-corrected chi connectivity index (χ1v) is 8.08. The molecule has 3 heterocycles. The van der Waals surface area contributed by atoms with E-state index < -0.39 is 0 Å². The van der Waals surface area contributed by atoms with E-state index >= 15 is 0 Å². The quantitative estimate of drug-likeness (QED) is 0.831. The van der Waals surface area contributed by atoms with Gasteiger partial charge in [-0.25, -0.2) is 4.98 Å². The van der Waals surface area contributed by atoms with E-state index in [4.69, 9.17) is 9.15 Å². The highest BCUT2D eigenvalue weighted by molar-refractivity contribution is 5.79. The standard InChI is InChI=1S/C16H22N4O4/c1-11-12(2)24-15-14(11)16(22)20(10-18-15)9-13(21)17-3-4-19-5-7-23-8-6-19/h10H,3-9H2,1-2H3,(H,17,21). The van der Waals surface area contributed by atoms with Crippen molar-refractivity contribution in [2.24, 2.45) is 0 Å². The molecule has 8 heteroatoms. The maximum Gasteiger partial charge on any atom is 0.265 e. The fraction of sp³-hybridized carbons (Fsp3) is 0.562. The number of hydrogen-bond donors (Lipinski definition) is 1. The van der Waals surface area contributed by atoms with Gasteiger partial charge in [0.05, 0.1) is 13.2 Å². The summed E-state index contributed by atoms with van der Waals surface area (Å²) in [4.78, 5) is 30.9. The van der Waals surface area contributed by atoms with Crippen LogP contribution in [0.25, 0.3) is 11.1 Å². The van der Waals surface area contributed by atoms with Gasteiger partial charge in [-0.1, -0.05) is 0 Å². The molecular weight excluding hydrogens is 312 g/mol. The Kier molecular flexibility index (Phi) is 4.96. The van der Waals surface area contributed by atoms with E-state index in [2.05, 4.69) is 15.2 Å². The lowest BCUT2D eigenvalue weighted by Gasteiger charge is -2.26. The second-order valence-electron chi connectivity index (χ2n) is 5.94. The van der Waals surface area contributed by atoms with Crippen LogP contribution in [-0.2, 0) is 16.1 Å². The molecule has 1 fully saturated rings. The van der Waals surface area contributed by atoms with Gasteiger partial charge < -0.3 is 14.5 Å². The molecule has 0 saturated carbocycles. The number of nitrogens with zero attached hydrogens (tertiary/aromatic N) is 3. The number of amides is 1. The van der Waals surface area contributed by atoms with Crippen LogP contribution in [-0.4, -0.2) is 59.8 Å². The molecule has 1 aliphatic rings. The number of hydrogen-bond acceptors (Lipinski definition) is 6. The van der Waals surface area contributed by atoms with E-state index in [1.54, 1.807) is 6.92 Å². The van der Waals surface area contributed by atoms with Crippen LogP contribution in [0.2, 0.25) is 0 Å². The number of furan rings is 1. The van der Waals surface area contributed by atoms with Gasteiger partial charge in [0.1, 0.15) is 24.0 Å². The molecule has 0 unspecified atom stereocenters. The first-order valence-electron chi connectivity index (χ1n) is 8.08. The molecule has 2 aromatic heterocycles. The van der Waals surface area contributed by atoms with Crippen molar-refractivity contribution in [2.45, 2.75) is 20.4 Å². The molecule has 1 saturated heterocycles. The highest BCUT2D eigenvalue weighted by Crippen LogP contribution is 2.18. The topological polar surface area (TPSA) is 89.6 Å². The second-order valence-corrected chi connectivity index (χ2v) is 5.94. The first kappa shape index (κ1) is 16.7. The van der Waals surface area contributed by atoms with E-state index in [0.29, 0.717) is 23.4 Å². The average molecular weight is 334 g/mol. The third-order valence-corrected chi connectivity index (χ3v) is 4.32. The molecule has 0 spiro atoms. The van der Waals surface area contributed by atoms with Gasteiger partial charge in [0.15, 0.2) is 0 Å². The van der Waals surface area contributed by atoms with Gasteiger partial charge in [0.2, 0.25) is 11.6 Å². The highest BCUT2D eigenvalue weighted by atomic mass is 16.5. The largest absolute Gasteiger partial charge is 0.443 e. The number of carbonyl (C=O) groups is 1. The molecule has 2 aromatic rings. The summed E-state index contributed by atoms with van der Waals surface area (Å²) in [6.45, 7) is 8.13. The highest BCUT2D eigenvalue weighted by Gasteiger charge is 2.15. The van der Waals surface area contributed by atoms with Gasteiger partial charge in [0.25, 0.3) is 5.56 Å². The monoisotopic (exact) mass is 334 g/mol. The summed E-state index contributed by atoms with van der Waals surface area (Å²) < 4.78 is 12.0. The Bertz CT molecular complexity index is 789. The minimum Gasteiger partial charge on any atom is -0.443 e. The molecule has 8 nitrogen and oxygen atoms in total. The number of nitrogens with one attached hydrogen (secondary N) is 1. The van der Waals surface area contributed by atoms with Gasteiger partial charge in [-0.05, 0) is 13.8 Å². The fourth-order valence-electron chi connectivity index (χ4n) is 2.77. The van der Waals surface area contributed by atoms with Crippen LogP contribution < -0.4 is 10.9 Å². The molecule has 1 N–H and O–H groups in total. The third kappa shape index (κ3) is 3.49. The Hall–Kier alpha value is -2.19. The number of carbonyl (C=O) groups excluding carboxylic acids is 1. The number of aryl methyl sites for hydroxylation is 2. The van der Waals surface area contributed by atoms with E-state index in [1.165, 1.54) is 10.9 Å². The van der Waals surface area contributed by atoms with Crippen LogP contribution >= 0.6 is 0 Å². The van der Waals surface area contributed by atoms with Gasteiger partial charge in [-0.2, -0.15) is 0 Å². The van der Waals surface area contributed by atoms with Crippen molar-refractivity contribution in [1.82, 2.24) is 19.8 Å². The van der Waals surface area contributed by atoms with Gasteiger partial charge in [-0.15, -0.1) is 0 Å². The Labute approximate surface area is 139 Å². The Morgan fingerprint density at radius 3 is 2.83 bits per heavy atom. The fourth-order valence-corrected chi connectivity index (χ4v) is 2.77. The predicted molar refractivity (Wildman–Crippen MR) is 88.0 cm³/mol. The summed E-state index contributed by atoms with van der Waals surface area (Å²) in [7, 11) is 0. The van der Waals surface area contributed by atoms with Crippen molar-refractivity contribution >= 4 is 17.0 Å². The van der Waals surface area contributed by atoms with E-state index in [0.717, 1.165) is 38.4 Å². The van der Waals surface area contributed by atoms with Crippen LogP contribution in [0.15, 0.2) is 15.5 Å². The zero-order chi connectivity index (χ0) is 17.1. The van der Waals surface area contributed by atoms with Crippen molar-refractivity contribution in [3.05, 3.63) is 28.0 Å². The zero-order valence-corrected chi connectivity index (χ0v) is 14.0. The second kappa shape index (κ2) is 7.14. The molecule has 3 rings (SSSR count). The summed E-state index contributed by atoms with van der Waals surface area (Å²) in [5.41, 5.74) is 0.834. The van der Waals surface area contributed by atoms with Crippen molar-refractivity contribution in [2.75, 3.05) is 39.4 Å². The van der Waals surface area contributed by atoms with Crippen LogP contribution in [0.4, 0.5) is 0 Å². The Morgan fingerprint density at radius 2 is 2.08 bits per heavy atom. The lowest BCUT2D eigenvalue weighted by molar-refractivity contribution is -0.121. The zero-order valence-electron chi connectivity index (χ0n) is 14.0. The molecule has 0 bridgehead atoms. The van der Waals surface area contributed by atoms with Gasteiger partial charge in [-0.3, -0.25) is 19.1 Å². The maximum atomic E-state index is 12.5. The van der Waals surface area contributed by atoms with E-state index in [1.807, 2.05) is 6.92 Å². The van der Waals surface area contributed by atoms with Crippen molar-refractivity contribution in [1.29, 1.82) is 0 Å². The number of rotatable bonds is 5. The summed E-state index contributed by atoms with van der Waals surface area (Å²) in [6.07, 6.45) is 1.36. The summed E-state index contributed by atoms with van der Waals surface area (Å²) in [5, 5.41) is 3.28. The Balaban J connectivity index is 1.60. The van der Waals surface area contributed by atoms with Crippen molar-refractivity contribution in [3.8, 4) is 0 Å². The molecular formula is C16H22N4O4. The third-order valence-electron chi connectivity index (χ3n) is 4.32.